The van der Waals surface area contributed by atoms with Crippen LogP contribution in [0.15, 0.2) is 18.2 Å². The zero-order valence-electron chi connectivity index (χ0n) is 10.7. The van der Waals surface area contributed by atoms with Crippen LogP contribution in [0, 0.1) is 17.0 Å². The van der Waals surface area contributed by atoms with Crippen molar-refractivity contribution in [2.24, 2.45) is 0 Å². The van der Waals surface area contributed by atoms with E-state index in [0.717, 1.165) is 0 Å². The van der Waals surface area contributed by atoms with Crippen LogP contribution >= 0.6 is 0 Å². The van der Waals surface area contributed by atoms with Gasteiger partial charge in [-0.25, -0.2) is 0 Å². The van der Waals surface area contributed by atoms with E-state index < -0.39 is 4.92 Å². The molecule has 0 spiro atoms. The summed E-state index contributed by atoms with van der Waals surface area (Å²) in [5.74, 6) is -0.126. The van der Waals surface area contributed by atoms with Gasteiger partial charge >= 0.3 is 0 Å². The highest BCUT2D eigenvalue weighted by Crippen LogP contribution is 2.20. The Bertz CT molecular complexity index is 507. The lowest BCUT2D eigenvalue weighted by Gasteiger charge is -2.30. The molecule has 6 heteroatoms. The van der Waals surface area contributed by atoms with E-state index in [4.69, 9.17) is 0 Å². The van der Waals surface area contributed by atoms with Gasteiger partial charge in [-0.3, -0.25) is 14.9 Å². The number of hydrogen-bond acceptors (Lipinski definition) is 4. The molecule has 1 amide bonds. The summed E-state index contributed by atoms with van der Waals surface area (Å²) in [6.07, 6.45) is 0.831. The lowest BCUT2D eigenvalue weighted by molar-refractivity contribution is -0.384. The van der Waals surface area contributed by atoms with Gasteiger partial charge in [-0.15, -0.1) is 0 Å². The first-order valence-electron chi connectivity index (χ1n) is 6.21. The van der Waals surface area contributed by atoms with Crippen molar-refractivity contribution in [3.63, 3.8) is 0 Å². The summed E-state index contributed by atoms with van der Waals surface area (Å²) in [7, 11) is 0. The average molecular weight is 264 g/mol. The first-order valence-corrected chi connectivity index (χ1v) is 6.21. The Hall–Kier alpha value is -1.95. The molecule has 0 bridgehead atoms. The fourth-order valence-corrected chi connectivity index (χ4v) is 2.24. The maximum atomic E-state index is 12.3. The van der Waals surface area contributed by atoms with Crippen molar-refractivity contribution in [3.05, 3.63) is 39.4 Å². The van der Waals surface area contributed by atoms with E-state index in [-0.39, 0.29) is 17.7 Å². The van der Waals surface area contributed by atoms with Gasteiger partial charge in [-0.2, -0.15) is 0 Å². The Morgan fingerprint density at radius 3 is 2.58 bits per heavy atom. The van der Waals surface area contributed by atoms with Gasteiger partial charge in [-0.05, 0) is 31.4 Å². The standard InChI is InChI=1S/C13H16N2O4/c1-9-8-10(15(18)19)2-3-12(9)13(17)14-6-4-11(16)5-7-14/h2-3,8,11,16H,4-7H2,1H3. The molecule has 0 saturated carbocycles. The third kappa shape index (κ3) is 2.90. The van der Waals surface area contributed by atoms with Gasteiger partial charge in [0.1, 0.15) is 0 Å². The molecule has 1 heterocycles. The van der Waals surface area contributed by atoms with Gasteiger partial charge in [0.05, 0.1) is 11.0 Å². The minimum atomic E-state index is -0.474. The molecule has 0 radical (unpaired) electrons. The van der Waals surface area contributed by atoms with Crippen LogP contribution in [0.3, 0.4) is 0 Å². The normalized spacial score (nSPS) is 16.4. The molecule has 1 aliphatic rings. The maximum absolute atomic E-state index is 12.3. The topological polar surface area (TPSA) is 83.7 Å². The molecular weight excluding hydrogens is 248 g/mol. The number of hydrogen-bond donors (Lipinski definition) is 1. The minimum Gasteiger partial charge on any atom is -0.393 e. The number of nitrogens with zero attached hydrogens (tertiary/aromatic N) is 2. The van der Waals surface area contributed by atoms with Crippen molar-refractivity contribution in [1.29, 1.82) is 0 Å². The molecule has 0 aromatic heterocycles. The molecule has 6 nitrogen and oxygen atoms in total. The number of carbonyl (C=O) groups is 1. The quantitative estimate of drug-likeness (QED) is 0.648. The van der Waals surface area contributed by atoms with Crippen LogP contribution in [-0.2, 0) is 0 Å². The summed E-state index contributed by atoms with van der Waals surface area (Å²) >= 11 is 0. The molecule has 1 saturated heterocycles. The largest absolute Gasteiger partial charge is 0.393 e. The number of amides is 1. The Morgan fingerprint density at radius 1 is 1.42 bits per heavy atom. The number of aliphatic hydroxyl groups is 1. The minimum absolute atomic E-state index is 0.0110. The van der Waals surface area contributed by atoms with Crippen molar-refractivity contribution in [3.8, 4) is 0 Å². The fourth-order valence-electron chi connectivity index (χ4n) is 2.24. The van der Waals surface area contributed by atoms with Gasteiger partial charge < -0.3 is 10.0 Å². The van der Waals surface area contributed by atoms with Gasteiger partial charge in [0.25, 0.3) is 11.6 Å². The Labute approximate surface area is 110 Å². The third-order valence-corrected chi connectivity index (χ3v) is 3.40. The number of aliphatic hydroxyl groups excluding tert-OH is 1. The van der Waals surface area contributed by atoms with E-state index in [9.17, 15) is 20.0 Å². The SMILES string of the molecule is Cc1cc([N+](=O)[O-])ccc1C(=O)N1CCC(O)CC1. The average Bonchev–Trinajstić information content (AvgIpc) is 2.38. The van der Waals surface area contributed by atoms with Crippen molar-refractivity contribution in [2.45, 2.75) is 25.9 Å². The van der Waals surface area contributed by atoms with Gasteiger partial charge in [0.2, 0.25) is 0 Å². The summed E-state index contributed by atoms with van der Waals surface area (Å²) in [5.41, 5.74) is 1.08. The number of likely N-dealkylation sites (tertiary alicyclic amines) is 1. The second-order valence-electron chi connectivity index (χ2n) is 4.78. The second kappa shape index (κ2) is 5.36. The number of piperidine rings is 1. The van der Waals surface area contributed by atoms with E-state index in [2.05, 4.69) is 0 Å². The van der Waals surface area contributed by atoms with E-state index in [1.165, 1.54) is 18.2 Å². The molecule has 1 aromatic rings. The molecule has 19 heavy (non-hydrogen) atoms. The summed E-state index contributed by atoms with van der Waals surface area (Å²) < 4.78 is 0. The first-order chi connectivity index (χ1) is 8.99. The van der Waals surface area contributed by atoms with Crippen LogP contribution < -0.4 is 0 Å². The van der Waals surface area contributed by atoms with Gasteiger partial charge in [0, 0.05) is 30.8 Å². The van der Waals surface area contributed by atoms with Crippen molar-refractivity contribution in [2.75, 3.05) is 13.1 Å². The molecule has 1 N–H and O–H groups in total. The molecule has 102 valence electrons. The van der Waals surface area contributed by atoms with E-state index in [0.29, 0.717) is 37.1 Å². The number of aryl methyl sites for hydroxylation is 1. The molecule has 1 aromatic carbocycles. The van der Waals surface area contributed by atoms with Crippen LogP contribution in [-0.4, -0.2) is 40.0 Å². The van der Waals surface area contributed by atoms with Crippen LogP contribution in [0.4, 0.5) is 5.69 Å². The summed E-state index contributed by atoms with van der Waals surface area (Å²) in [4.78, 5) is 24.1. The zero-order chi connectivity index (χ0) is 14.0. The number of benzene rings is 1. The molecular formula is C13H16N2O4. The summed E-state index contributed by atoms with van der Waals surface area (Å²) in [5, 5.41) is 20.1. The highest BCUT2D eigenvalue weighted by atomic mass is 16.6. The monoisotopic (exact) mass is 264 g/mol. The summed E-state index contributed by atoms with van der Waals surface area (Å²) in [6.45, 7) is 2.74. The summed E-state index contributed by atoms with van der Waals surface area (Å²) in [6, 6.07) is 4.26. The Balaban J connectivity index is 2.17. The lowest BCUT2D eigenvalue weighted by Crippen LogP contribution is -2.40. The Morgan fingerprint density at radius 2 is 2.05 bits per heavy atom. The molecule has 2 rings (SSSR count). The number of nitro benzene ring substituents is 1. The predicted octanol–water partition coefficient (Wildman–Crippen LogP) is 1.50. The third-order valence-electron chi connectivity index (χ3n) is 3.40. The number of carbonyl (C=O) groups excluding carboxylic acids is 1. The van der Waals surface area contributed by atoms with E-state index in [1.54, 1.807) is 11.8 Å². The highest BCUT2D eigenvalue weighted by Gasteiger charge is 2.23. The smallest absolute Gasteiger partial charge is 0.269 e. The molecule has 1 aliphatic heterocycles. The predicted molar refractivity (Wildman–Crippen MR) is 69.0 cm³/mol. The van der Waals surface area contributed by atoms with Crippen molar-refractivity contribution in [1.82, 2.24) is 4.90 Å². The fraction of sp³-hybridized carbons (Fsp3) is 0.462. The highest BCUT2D eigenvalue weighted by molar-refractivity contribution is 5.96. The van der Waals surface area contributed by atoms with Crippen LogP contribution in [0.1, 0.15) is 28.8 Å². The Kier molecular flexibility index (Phi) is 3.80. The van der Waals surface area contributed by atoms with Crippen molar-refractivity contribution >= 4 is 11.6 Å². The van der Waals surface area contributed by atoms with Gasteiger partial charge in [-0.1, -0.05) is 0 Å². The molecule has 1 fully saturated rings. The van der Waals surface area contributed by atoms with E-state index in [1.807, 2.05) is 0 Å². The first kappa shape index (κ1) is 13.5. The second-order valence-corrected chi connectivity index (χ2v) is 4.78. The van der Waals surface area contributed by atoms with Crippen LogP contribution in [0.25, 0.3) is 0 Å². The van der Waals surface area contributed by atoms with Gasteiger partial charge in [0.15, 0.2) is 0 Å². The molecule has 0 unspecified atom stereocenters. The lowest BCUT2D eigenvalue weighted by atomic mass is 10.0. The van der Waals surface area contributed by atoms with Crippen LogP contribution in [0.5, 0.6) is 0 Å². The maximum Gasteiger partial charge on any atom is 0.269 e. The number of rotatable bonds is 2. The van der Waals surface area contributed by atoms with Crippen LogP contribution in [0.2, 0.25) is 0 Å². The molecule has 0 aliphatic carbocycles. The van der Waals surface area contributed by atoms with E-state index >= 15 is 0 Å². The van der Waals surface area contributed by atoms with Crippen molar-refractivity contribution < 1.29 is 14.8 Å². The number of non-ortho nitro benzene ring substituents is 1. The molecule has 0 atom stereocenters. The number of nitro groups is 1. The zero-order valence-corrected chi connectivity index (χ0v) is 10.7.